The fourth-order valence-corrected chi connectivity index (χ4v) is 6.18. The summed E-state index contributed by atoms with van der Waals surface area (Å²) < 4.78 is 11.7. The summed E-state index contributed by atoms with van der Waals surface area (Å²) in [6.45, 7) is 15.6. The van der Waals surface area contributed by atoms with E-state index in [0.29, 0.717) is 23.5 Å². The molecule has 0 saturated carbocycles. The third-order valence-corrected chi connectivity index (χ3v) is 7.90. The van der Waals surface area contributed by atoms with Gasteiger partial charge in [-0.15, -0.1) is 0 Å². The average Bonchev–Trinajstić information content (AvgIpc) is 2.72. The second-order valence-corrected chi connectivity index (χ2v) is 12.5. The summed E-state index contributed by atoms with van der Waals surface area (Å²) in [6.07, 6.45) is 2.73. The van der Waals surface area contributed by atoms with Gasteiger partial charge in [0.05, 0.1) is 17.7 Å². The molecule has 1 aromatic rings. The van der Waals surface area contributed by atoms with Crippen molar-refractivity contribution in [1.29, 1.82) is 0 Å². The minimum atomic E-state index is -0.506. The predicted octanol–water partition coefficient (Wildman–Crippen LogP) is 6.26. The molecule has 2 aliphatic heterocycles. The molecule has 190 valence electrons. The Bertz CT molecular complexity index is 930. The molecule has 0 aliphatic carbocycles. The Balaban J connectivity index is 1.79. The Morgan fingerprint density at radius 2 is 1.71 bits per heavy atom. The first kappa shape index (κ1) is 26.6. The van der Waals surface area contributed by atoms with Crippen LogP contribution in [0, 0.1) is 26.9 Å². The average molecular weight is 540 g/mol. The lowest BCUT2D eigenvalue weighted by molar-refractivity contribution is -0.385. The molecule has 2 saturated heterocycles. The third-order valence-electron chi connectivity index (χ3n) is 7.26. The zero-order chi connectivity index (χ0) is 25.5. The van der Waals surface area contributed by atoms with Crippen LogP contribution in [0.2, 0.25) is 0 Å². The van der Waals surface area contributed by atoms with E-state index in [-0.39, 0.29) is 28.4 Å². The summed E-state index contributed by atoms with van der Waals surface area (Å²) in [6, 6.07) is 3.28. The zero-order valence-electron chi connectivity index (χ0n) is 21.4. The van der Waals surface area contributed by atoms with Crippen molar-refractivity contribution in [3.05, 3.63) is 26.7 Å². The number of carbonyl (C=O) groups is 1. The van der Waals surface area contributed by atoms with Gasteiger partial charge in [-0.3, -0.25) is 10.1 Å². The molecular weight excluding hydrogens is 502 g/mol. The lowest BCUT2D eigenvalue weighted by atomic mass is 9.57. The van der Waals surface area contributed by atoms with E-state index in [2.05, 4.69) is 41.6 Å². The summed E-state index contributed by atoms with van der Waals surface area (Å²) in [5.41, 5.74) is 0.545. The predicted molar refractivity (Wildman–Crippen MR) is 137 cm³/mol. The lowest BCUT2D eigenvalue weighted by Gasteiger charge is -2.56. The van der Waals surface area contributed by atoms with Crippen LogP contribution in [-0.4, -0.2) is 54.8 Å². The molecule has 34 heavy (non-hydrogen) atoms. The van der Waals surface area contributed by atoms with Gasteiger partial charge in [0.1, 0.15) is 5.60 Å². The number of piperidine rings is 2. The van der Waals surface area contributed by atoms with Gasteiger partial charge in [0.25, 0.3) is 0 Å². The van der Waals surface area contributed by atoms with Gasteiger partial charge in [-0.2, -0.15) is 0 Å². The first-order chi connectivity index (χ1) is 15.7. The largest absolute Gasteiger partial charge is 0.490 e. The number of hydrogen-bond acceptors (Lipinski definition) is 6. The van der Waals surface area contributed by atoms with E-state index >= 15 is 0 Å². The van der Waals surface area contributed by atoms with Crippen LogP contribution in [-0.2, 0) is 4.74 Å². The van der Waals surface area contributed by atoms with Crippen molar-refractivity contribution in [1.82, 2.24) is 4.90 Å². The highest BCUT2D eigenvalue weighted by Gasteiger charge is 2.50. The van der Waals surface area contributed by atoms with Crippen LogP contribution in [0.1, 0.15) is 60.8 Å². The normalized spacial score (nSPS) is 20.9. The number of ether oxygens (including phenoxy) is 2. The molecule has 0 bridgehead atoms. The SMILES string of the molecule is COc1cc(N2CCC3(CCN(C(=O)OC(C)(C)C)CC3C(C)(C)C)CC2)c(Br)cc1[N+](=O)[O-]. The Kier molecular flexibility index (Phi) is 7.46. The Morgan fingerprint density at radius 3 is 2.21 bits per heavy atom. The molecule has 9 heteroatoms. The second-order valence-electron chi connectivity index (χ2n) is 11.7. The maximum absolute atomic E-state index is 12.8. The number of hydrogen-bond donors (Lipinski definition) is 0. The highest BCUT2D eigenvalue weighted by atomic mass is 79.9. The van der Waals surface area contributed by atoms with E-state index in [9.17, 15) is 14.9 Å². The molecule has 8 nitrogen and oxygen atoms in total. The van der Waals surface area contributed by atoms with Gasteiger partial charge in [-0.1, -0.05) is 20.8 Å². The molecule has 0 radical (unpaired) electrons. The minimum Gasteiger partial charge on any atom is -0.490 e. The highest BCUT2D eigenvalue weighted by Crippen LogP contribution is 2.53. The van der Waals surface area contributed by atoms with Crippen molar-refractivity contribution in [3.8, 4) is 5.75 Å². The molecule has 1 spiro atoms. The van der Waals surface area contributed by atoms with Crippen molar-refractivity contribution < 1.29 is 19.2 Å². The van der Waals surface area contributed by atoms with Crippen LogP contribution >= 0.6 is 15.9 Å². The number of carbonyl (C=O) groups excluding carboxylic acids is 1. The third kappa shape index (κ3) is 5.61. The van der Waals surface area contributed by atoms with Crippen molar-refractivity contribution >= 4 is 33.4 Å². The van der Waals surface area contributed by atoms with Gasteiger partial charge < -0.3 is 19.3 Å². The first-order valence-electron chi connectivity index (χ1n) is 11.9. The van der Waals surface area contributed by atoms with Crippen LogP contribution in [0.4, 0.5) is 16.2 Å². The maximum atomic E-state index is 12.8. The van der Waals surface area contributed by atoms with E-state index in [0.717, 1.165) is 38.0 Å². The molecule has 1 amide bonds. The number of anilines is 1. The zero-order valence-corrected chi connectivity index (χ0v) is 23.0. The molecule has 2 aliphatic rings. The number of likely N-dealkylation sites (tertiary alicyclic amines) is 1. The summed E-state index contributed by atoms with van der Waals surface area (Å²) in [5, 5.41) is 11.4. The summed E-state index contributed by atoms with van der Waals surface area (Å²) in [7, 11) is 1.46. The quantitative estimate of drug-likeness (QED) is 0.333. The number of nitrogens with zero attached hydrogens (tertiary/aromatic N) is 3. The molecule has 1 aromatic carbocycles. The fourth-order valence-electron chi connectivity index (χ4n) is 5.59. The fraction of sp³-hybridized carbons (Fsp3) is 0.720. The number of nitro groups is 1. The number of halogens is 1. The van der Waals surface area contributed by atoms with Gasteiger partial charge in [0.2, 0.25) is 0 Å². The molecular formula is C25H38BrN3O5. The van der Waals surface area contributed by atoms with Crippen molar-refractivity contribution in [3.63, 3.8) is 0 Å². The molecule has 3 rings (SSSR count). The topological polar surface area (TPSA) is 85.2 Å². The minimum absolute atomic E-state index is 0.0417. The molecule has 1 atom stereocenters. The van der Waals surface area contributed by atoms with Crippen LogP contribution in [0.3, 0.4) is 0 Å². The molecule has 0 N–H and O–H groups in total. The van der Waals surface area contributed by atoms with Crippen molar-refractivity contribution in [2.75, 3.05) is 38.2 Å². The lowest BCUT2D eigenvalue weighted by Crippen LogP contribution is -2.57. The van der Waals surface area contributed by atoms with Crippen molar-refractivity contribution in [2.24, 2.45) is 16.7 Å². The van der Waals surface area contributed by atoms with Gasteiger partial charge in [0.15, 0.2) is 5.75 Å². The number of benzene rings is 1. The van der Waals surface area contributed by atoms with Crippen LogP contribution in [0.15, 0.2) is 16.6 Å². The van der Waals surface area contributed by atoms with Crippen LogP contribution in [0.25, 0.3) is 0 Å². The van der Waals surface area contributed by atoms with E-state index in [1.54, 1.807) is 6.07 Å². The second kappa shape index (κ2) is 9.55. The van der Waals surface area contributed by atoms with E-state index in [4.69, 9.17) is 9.47 Å². The monoisotopic (exact) mass is 539 g/mol. The molecule has 2 fully saturated rings. The van der Waals surface area contributed by atoms with Gasteiger partial charge in [0, 0.05) is 42.8 Å². The van der Waals surface area contributed by atoms with Crippen LogP contribution in [0.5, 0.6) is 5.75 Å². The van der Waals surface area contributed by atoms with Gasteiger partial charge >= 0.3 is 11.8 Å². The molecule has 1 unspecified atom stereocenters. The Morgan fingerprint density at radius 1 is 1.12 bits per heavy atom. The summed E-state index contributed by atoms with van der Waals surface area (Å²) >= 11 is 3.53. The van der Waals surface area contributed by atoms with E-state index in [1.165, 1.54) is 13.2 Å². The molecule has 0 aromatic heterocycles. The van der Waals surface area contributed by atoms with E-state index in [1.807, 2.05) is 25.7 Å². The number of amides is 1. The number of rotatable bonds is 3. The van der Waals surface area contributed by atoms with Gasteiger partial charge in [-0.25, -0.2) is 4.79 Å². The maximum Gasteiger partial charge on any atom is 0.410 e. The smallest absolute Gasteiger partial charge is 0.410 e. The standard InChI is InChI=1S/C25H38BrN3O5/c1-23(2,3)21-16-28(22(30)34-24(4,5)6)13-10-25(21)8-11-27(12-9-25)18-15-20(33-7)19(29(31)32)14-17(18)26/h14-15,21H,8-13,16H2,1-7H3. The van der Waals surface area contributed by atoms with Crippen molar-refractivity contribution in [2.45, 2.75) is 66.4 Å². The van der Waals surface area contributed by atoms with Crippen LogP contribution < -0.4 is 9.64 Å². The summed E-state index contributed by atoms with van der Waals surface area (Å²) in [5.74, 6) is 0.611. The number of methoxy groups -OCH3 is 1. The molecule has 2 heterocycles. The first-order valence-corrected chi connectivity index (χ1v) is 12.7. The van der Waals surface area contributed by atoms with E-state index < -0.39 is 10.5 Å². The Labute approximate surface area is 211 Å². The highest BCUT2D eigenvalue weighted by molar-refractivity contribution is 9.10. The van der Waals surface area contributed by atoms with Gasteiger partial charge in [-0.05, 0) is 72.7 Å². The number of nitro benzene ring substituents is 1. The Hall–Kier alpha value is -2.03. The summed E-state index contributed by atoms with van der Waals surface area (Å²) in [4.78, 5) is 27.9.